The van der Waals surface area contributed by atoms with Crippen LogP contribution in [0.4, 0.5) is 0 Å². The van der Waals surface area contributed by atoms with Crippen molar-refractivity contribution in [2.24, 2.45) is 11.5 Å². The van der Waals surface area contributed by atoms with Crippen molar-refractivity contribution in [3.8, 4) is 0 Å². The van der Waals surface area contributed by atoms with Gasteiger partial charge in [0.15, 0.2) is 11.1 Å². The van der Waals surface area contributed by atoms with Crippen LogP contribution in [-0.4, -0.2) is 16.0 Å². The minimum atomic E-state index is -0.138. The molecule has 5 N–H and O–H groups in total. The molecule has 0 heterocycles. The van der Waals surface area contributed by atoms with Gasteiger partial charge in [0.25, 0.3) is 0 Å². The predicted molar refractivity (Wildman–Crippen MR) is 60.7 cm³/mol. The van der Waals surface area contributed by atoms with Gasteiger partial charge in [-0.15, -0.1) is 0 Å². The molecule has 0 saturated heterocycles. The highest BCUT2D eigenvalue weighted by Crippen LogP contribution is 2.03. The first-order valence-corrected chi connectivity index (χ1v) is 4.47. The Hall–Kier alpha value is -1.62. The third-order valence-corrected chi connectivity index (χ3v) is 1.96. The Morgan fingerprint density at radius 1 is 1.29 bits per heavy atom. The maximum Gasteiger partial charge on any atom is 0.195 e. The Morgan fingerprint density at radius 2 is 1.86 bits per heavy atom. The molecule has 0 aliphatic rings. The Labute approximate surface area is 88.0 Å². The molecular formula is C9H12N4S. The molecule has 1 rings (SSSR count). The number of nitrogens with one attached hydrogen (secondary N) is 1. The zero-order valence-corrected chi connectivity index (χ0v) is 8.42. The molecule has 0 aliphatic carbocycles. The molecule has 1 aromatic rings. The van der Waals surface area contributed by atoms with E-state index in [9.17, 15) is 0 Å². The van der Waals surface area contributed by atoms with E-state index in [0.717, 1.165) is 5.56 Å². The normalized spacial score (nSPS) is 9.43. The number of rotatable bonds is 2. The summed E-state index contributed by atoms with van der Waals surface area (Å²) in [6.07, 6.45) is 0. The largest absolute Gasteiger partial charge is 0.376 e. The van der Waals surface area contributed by atoms with Gasteiger partial charge in [-0.05, 0) is 17.8 Å². The summed E-state index contributed by atoms with van der Waals surface area (Å²) in [5.74, 6) is -0.138. The van der Waals surface area contributed by atoms with Gasteiger partial charge in [-0.1, -0.05) is 30.3 Å². The number of guanidine groups is 1. The molecule has 0 fully saturated rings. The lowest BCUT2D eigenvalue weighted by molar-refractivity contribution is 0.597. The highest BCUT2D eigenvalue weighted by Gasteiger charge is 2.09. The van der Waals surface area contributed by atoms with E-state index >= 15 is 0 Å². The van der Waals surface area contributed by atoms with Gasteiger partial charge in [-0.25, -0.2) is 0 Å². The highest BCUT2D eigenvalue weighted by molar-refractivity contribution is 7.80. The van der Waals surface area contributed by atoms with E-state index in [1.807, 2.05) is 30.3 Å². The summed E-state index contributed by atoms with van der Waals surface area (Å²) in [7, 11) is 0. The third kappa shape index (κ3) is 2.70. The van der Waals surface area contributed by atoms with E-state index in [4.69, 9.17) is 29.1 Å². The summed E-state index contributed by atoms with van der Waals surface area (Å²) < 4.78 is 0. The van der Waals surface area contributed by atoms with Gasteiger partial charge in [0.1, 0.15) is 0 Å². The van der Waals surface area contributed by atoms with E-state index in [2.05, 4.69) is 0 Å². The van der Waals surface area contributed by atoms with Crippen LogP contribution in [0, 0.1) is 5.41 Å². The molecule has 0 aliphatic heterocycles. The second-order valence-corrected chi connectivity index (χ2v) is 3.21. The van der Waals surface area contributed by atoms with Crippen LogP contribution < -0.4 is 11.5 Å². The van der Waals surface area contributed by atoms with E-state index in [1.165, 1.54) is 4.90 Å². The van der Waals surface area contributed by atoms with Crippen molar-refractivity contribution in [2.75, 3.05) is 0 Å². The second-order valence-electron chi connectivity index (χ2n) is 2.80. The van der Waals surface area contributed by atoms with Gasteiger partial charge in [-0.3, -0.25) is 10.3 Å². The van der Waals surface area contributed by atoms with E-state index < -0.39 is 0 Å². The lowest BCUT2D eigenvalue weighted by Crippen LogP contribution is -2.43. The van der Waals surface area contributed by atoms with Crippen LogP contribution >= 0.6 is 12.2 Å². The average molecular weight is 208 g/mol. The molecule has 74 valence electrons. The molecule has 1 aromatic carbocycles. The summed E-state index contributed by atoms with van der Waals surface area (Å²) >= 11 is 4.78. The van der Waals surface area contributed by atoms with Gasteiger partial charge in [-0.2, -0.15) is 0 Å². The first-order chi connectivity index (χ1) is 6.61. The maximum atomic E-state index is 7.27. The second kappa shape index (κ2) is 4.57. The molecule has 14 heavy (non-hydrogen) atoms. The fraction of sp³-hybridized carbons (Fsp3) is 0.111. The molecule has 0 atom stereocenters. The monoisotopic (exact) mass is 208 g/mol. The zero-order chi connectivity index (χ0) is 10.6. The fourth-order valence-electron chi connectivity index (χ4n) is 1.05. The minimum Gasteiger partial charge on any atom is -0.376 e. The number of thiocarbonyl (C=S) groups is 1. The molecule has 4 nitrogen and oxygen atoms in total. The highest BCUT2D eigenvalue weighted by atomic mass is 32.1. The minimum absolute atomic E-state index is 0.112. The van der Waals surface area contributed by atoms with Crippen molar-refractivity contribution in [1.29, 1.82) is 5.41 Å². The molecule has 0 saturated carbocycles. The van der Waals surface area contributed by atoms with Crippen LogP contribution in [-0.2, 0) is 6.54 Å². The van der Waals surface area contributed by atoms with E-state index in [-0.39, 0.29) is 11.1 Å². The lowest BCUT2D eigenvalue weighted by atomic mass is 10.2. The summed E-state index contributed by atoms with van der Waals surface area (Å²) in [6.45, 7) is 0.436. The van der Waals surface area contributed by atoms with Crippen LogP contribution in [0.5, 0.6) is 0 Å². The van der Waals surface area contributed by atoms with Crippen molar-refractivity contribution in [3.63, 3.8) is 0 Å². The standard InChI is InChI=1S/C9H12N4S/c10-8(11)13(9(12)14)6-7-4-2-1-3-5-7/h1-5H,6H2,(H3,10,11)(H2,12,14). The summed E-state index contributed by atoms with van der Waals surface area (Å²) in [4.78, 5) is 1.37. The number of nitrogens with zero attached hydrogens (tertiary/aromatic N) is 1. The molecule has 0 bridgehead atoms. The first-order valence-electron chi connectivity index (χ1n) is 4.06. The van der Waals surface area contributed by atoms with Crippen molar-refractivity contribution in [2.45, 2.75) is 6.54 Å². The van der Waals surface area contributed by atoms with Crippen LogP contribution in [0.2, 0.25) is 0 Å². The summed E-state index contributed by atoms with van der Waals surface area (Å²) in [5, 5.41) is 7.38. The third-order valence-electron chi connectivity index (χ3n) is 1.74. The Balaban J connectivity index is 2.75. The number of hydrogen-bond donors (Lipinski definition) is 3. The Kier molecular flexibility index (Phi) is 3.41. The van der Waals surface area contributed by atoms with Gasteiger partial charge >= 0.3 is 0 Å². The summed E-state index contributed by atoms with van der Waals surface area (Å²) in [5.41, 5.74) is 11.8. The number of benzene rings is 1. The van der Waals surface area contributed by atoms with Crippen molar-refractivity contribution < 1.29 is 0 Å². The topological polar surface area (TPSA) is 79.1 Å². The van der Waals surface area contributed by atoms with Crippen LogP contribution in [0.25, 0.3) is 0 Å². The lowest BCUT2D eigenvalue weighted by Gasteiger charge is -2.20. The van der Waals surface area contributed by atoms with Crippen LogP contribution in [0.1, 0.15) is 5.56 Å². The Morgan fingerprint density at radius 3 is 2.29 bits per heavy atom. The van der Waals surface area contributed by atoms with Gasteiger partial charge in [0, 0.05) is 0 Å². The van der Waals surface area contributed by atoms with E-state index in [0.29, 0.717) is 6.54 Å². The predicted octanol–water partition coefficient (Wildman–Crippen LogP) is 0.626. The molecular weight excluding hydrogens is 196 g/mol. The molecule has 5 heteroatoms. The first kappa shape index (κ1) is 10.5. The van der Waals surface area contributed by atoms with Gasteiger partial charge in [0.05, 0.1) is 6.54 Å². The van der Waals surface area contributed by atoms with Gasteiger partial charge in [0.2, 0.25) is 0 Å². The SMILES string of the molecule is N=C(N)N(Cc1ccccc1)C(N)=S. The van der Waals surface area contributed by atoms with Crippen molar-refractivity contribution in [1.82, 2.24) is 4.90 Å². The quantitative estimate of drug-likeness (QED) is 0.378. The van der Waals surface area contributed by atoms with Gasteiger partial charge < -0.3 is 11.5 Å². The molecule has 0 radical (unpaired) electrons. The van der Waals surface area contributed by atoms with Crippen molar-refractivity contribution in [3.05, 3.63) is 35.9 Å². The van der Waals surface area contributed by atoms with Crippen molar-refractivity contribution >= 4 is 23.3 Å². The van der Waals surface area contributed by atoms with E-state index in [1.54, 1.807) is 0 Å². The van der Waals surface area contributed by atoms with Crippen LogP contribution in [0.3, 0.4) is 0 Å². The molecule has 0 unspecified atom stereocenters. The average Bonchev–Trinajstić information content (AvgIpc) is 2.15. The number of hydrogen-bond acceptors (Lipinski definition) is 2. The van der Waals surface area contributed by atoms with Crippen LogP contribution in [0.15, 0.2) is 30.3 Å². The smallest absolute Gasteiger partial charge is 0.195 e. The fourth-order valence-corrected chi connectivity index (χ4v) is 1.21. The number of nitrogens with two attached hydrogens (primary N) is 2. The Bertz CT molecular complexity index is 322. The zero-order valence-electron chi connectivity index (χ0n) is 7.60. The molecule has 0 aromatic heterocycles. The maximum absolute atomic E-state index is 7.27. The molecule has 0 spiro atoms. The molecule has 0 amide bonds. The summed E-state index contributed by atoms with van der Waals surface area (Å²) in [6, 6.07) is 9.59.